The van der Waals surface area contributed by atoms with Gasteiger partial charge in [-0.2, -0.15) is 0 Å². The molecule has 3 aromatic rings. The molecule has 0 saturated heterocycles. The number of nitrogen functional groups attached to an aromatic ring is 2. The number of pyridine rings is 1. The van der Waals surface area contributed by atoms with Crippen LogP contribution < -0.4 is 11.5 Å². The highest BCUT2D eigenvalue weighted by Crippen LogP contribution is 2.28. The van der Waals surface area contributed by atoms with E-state index in [0.29, 0.717) is 22.8 Å². The van der Waals surface area contributed by atoms with E-state index in [4.69, 9.17) is 11.5 Å². The number of rotatable bonds is 2. The van der Waals surface area contributed by atoms with Gasteiger partial charge in [0.1, 0.15) is 11.4 Å². The summed E-state index contributed by atoms with van der Waals surface area (Å²) in [6.07, 6.45) is 3.03. The fraction of sp³-hybridized carbons (Fsp3) is 0. The van der Waals surface area contributed by atoms with Crippen molar-refractivity contribution >= 4 is 49.1 Å². The second kappa shape index (κ2) is 9.02. The Balaban J connectivity index is 0.00000176. The lowest BCUT2D eigenvalue weighted by Gasteiger charge is -2.06. The molecule has 0 spiro atoms. The van der Waals surface area contributed by atoms with E-state index in [0.717, 1.165) is 0 Å². The van der Waals surface area contributed by atoms with Crippen molar-refractivity contribution in [1.82, 2.24) is 24.9 Å². The number of hydrogen-bond acceptors (Lipinski definition) is 8. The van der Waals surface area contributed by atoms with Gasteiger partial charge in [0.25, 0.3) is 0 Å². The van der Waals surface area contributed by atoms with E-state index >= 15 is 0 Å². The average Bonchev–Trinajstić information content (AvgIpc) is 2.47. The minimum absolute atomic E-state index is 0. The lowest BCUT2D eigenvalue weighted by Crippen LogP contribution is -1.99. The van der Waals surface area contributed by atoms with E-state index < -0.39 is 0 Å². The number of hydrogen-bond donors (Lipinski definition) is 3. The van der Waals surface area contributed by atoms with Gasteiger partial charge in [0.15, 0.2) is 0 Å². The highest BCUT2D eigenvalue weighted by Gasteiger charge is 2.11. The molecule has 3 aromatic heterocycles. The average molecular weight is 391 g/mol. The van der Waals surface area contributed by atoms with E-state index in [9.17, 15) is 5.11 Å². The van der Waals surface area contributed by atoms with Crippen LogP contribution >= 0.6 is 37.2 Å². The summed E-state index contributed by atoms with van der Waals surface area (Å²) < 4.78 is 0. The van der Waals surface area contributed by atoms with Crippen LogP contribution in [0.3, 0.4) is 0 Å². The minimum atomic E-state index is -0.0149. The molecule has 0 amide bonds. The first kappa shape index (κ1) is 21.6. The highest BCUT2D eigenvalue weighted by atomic mass is 35.5. The van der Waals surface area contributed by atoms with Crippen LogP contribution in [0.1, 0.15) is 0 Å². The molecule has 0 aliphatic heterocycles. The van der Waals surface area contributed by atoms with E-state index in [1.807, 2.05) is 0 Å². The first-order valence-corrected chi connectivity index (χ1v) is 6.01. The zero-order chi connectivity index (χ0) is 14.8. The summed E-state index contributed by atoms with van der Waals surface area (Å²) in [5, 5.41) is 9.96. The summed E-state index contributed by atoms with van der Waals surface area (Å²) in [6.45, 7) is 0. The first-order valence-electron chi connectivity index (χ1n) is 6.01. The van der Waals surface area contributed by atoms with Gasteiger partial charge in [-0.3, -0.25) is 0 Å². The SMILES string of the molecule is Cl.Cl.Cl.Nc1nccc(-c2ccc(O)c(-c3ccnc(N)n3)n2)n1. The predicted molar refractivity (Wildman–Crippen MR) is 98.5 cm³/mol. The van der Waals surface area contributed by atoms with Crippen molar-refractivity contribution in [3.05, 3.63) is 36.7 Å². The maximum Gasteiger partial charge on any atom is 0.220 e. The second-order valence-electron chi connectivity index (χ2n) is 4.16. The van der Waals surface area contributed by atoms with Crippen molar-refractivity contribution < 1.29 is 5.11 Å². The van der Waals surface area contributed by atoms with Crippen LogP contribution in [0.5, 0.6) is 5.75 Å². The molecular formula is C13H14Cl3N7O. The number of aromatic nitrogens is 5. The van der Waals surface area contributed by atoms with Crippen molar-refractivity contribution in [1.29, 1.82) is 0 Å². The Morgan fingerprint density at radius 3 is 1.75 bits per heavy atom. The molecule has 0 aliphatic carbocycles. The van der Waals surface area contributed by atoms with Gasteiger partial charge in [0, 0.05) is 12.4 Å². The van der Waals surface area contributed by atoms with Gasteiger partial charge in [0.05, 0.1) is 17.1 Å². The van der Waals surface area contributed by atoms with Gasteiger partial charge in [-0.15, -0.1) is 37.2 Å². The lowest BCUT2D eigenvalue weighted by atomic mass is 10.2. The van der Waals surface area contributed by atoms with E-state index in [1.54, 1.807) is 18.2 Å². The fourth-order valence-corrected chi connectivity index (χ4v) is 1.81. The Labute approximate surface area is 156 Å². The monoisotopic (exact) mass is 389 g/mol. The molecule has 5 N–H and O–H groups in total. The summed E-state index contributed by atoms with van der Waals surface area (Å²) in [5.41, 5.74) is 12.9. The molecule has 0 aromatic carbocycles. The smallest absolute Gasteiger partial charge is 0.220 e. The van der Waals surface area contributed by atoms with E-state index in [2.05, 4.69) is 24.9 Å². The Kier molecular flexibility index (Phi) is 8.11. The fourth-order valence-electron chi connectivity index (χ4n) is 1.81. The Hall–Kier alpha value is -2.42. The first-order chi connectivity index (χ1) is 10.1. The molecule has 0 atom stereocenters. The molecular weight excluding hydrogens is 377 g/mol. The maximum absolute atomic E-state index is 9.96. The van der Waals surface area contributed by atoms with Gasteiger partial charge in [0.2, 0.25) is 11.9 Å². The topological polar surface area (TPSA) is 137 Å². The van der Waals surface area contributed by atoms with Crippen molar-refractivity contribution in [2.75, 3.05) is 11.5 Å². The second-order valence-corrected chi connectivity index (χ2v) is 4.16. The van der Waals surface area contributed by atoms with Gasteiger partial charge in [-0.25, -0.2) is 24.9 Å². The van der Waals surface area contributed by atoms with Gasteiger partial charge >= 0.3 is 0 Å². The number of aromatic hydroxyl groups is 1. The molecule has 3 rings (SSSR count). The number of halogens is 3. The summed E-state index contributed by atoms with van der Waals surface area (Å²) >= 11 is 0. The summed E-state index contributed by atoms with van der Waals surface area (Å²) in [4.78, 5) is 20.1. The predicted octanol–water partition coefficient (Wildman–Crippen LogP) is 2.13. The Morgan fingerprint density at radius 2 is 1.17 bits per heavy atom. The van der Waals surface area contributed by atoms with E-state index in [-0.39, 0.29) is 54.9 Å². The molecule has 128 valence electrons. The third-order valence-electron chi connectivity index (χ3n) is 2.73. The third kappa shape index (κ3) is 4.54. The Bertz CT molecular complexity index is 819. The third-order valence-corrected chi connectivity index (χ3v) is 2.73. The summed E-state index contributed by atoms with van der Waals surface area (Å²) in [5.74, 6) is 0.236. The van der Waals surface area contributed by atoms with Crippen LogP contribution in [-0.4, -0.2) is 30.0 Å². The van der Waals surface area contributed by atoms with E-state index in [1.165, 1.54) is 18.5 Å². The largest absolute Gasteiger partial charge is 0.506 e. The highest BCUT2D eigenvalue weighted by molar-refractivity contribution is 5.86. The quantitative estimate of drug-likeness (QED) is 0.605. The zero-order valence-electron chi connectivity index (χ0n) is 12.0. The van der Waals surface area contributed by atoms with Crippen LogP contribution in [-0.2, 0) is 0 Å². The molecule has 24 heavy (non-hydrogen) atoms. The van der Waals surface area contributed by atoms with Crippen molar-refractivity contribution in [3.8, 4) is 28.5 Å². The molecule has 3 heterocycles. The van der Waals surface area contributed by atoms with Crippen LogP contribution in [0.2, 0.25) is 0 Å². The molecule has 0 radical (unpaired) electrons. The molecule has 0 fully saturated rings. The molecule has 11 heteroatoms. The van der Waals surface area contributed by atoms with Crippen LogP contribution in [0, 0.1) is 0 Å². The minimum Gasteiger partial charge on any atom is -0.506 e. The van der Waals surface area contributed by atoms with Gasteiger partial charge in [-0.05, 0) is 24.3 Å². The molecule has 0 unspecified atom stereocenters. The molecule has 0 aliphatic rings. The van der Waals surface area contributed by atoms with Gasteiger partial charge < -0.3 is 16.6 Å². The number of nitrogens with zero attached hydrogens (tertiary/aromatic N) is 5. The van der Waals surface area contributed by atoms with Crippen LogP contribution in [0.15, 0.2) is 36.7 Å². The number of nitrogens with two attached hydrogens (primary N) is 2. The molecule has 0 bridgehead atoms. The van der Waals surface area contributed by atoms with Gasteiger partial charge in [-0.1, -0.05) is 0 Å². The summed E-state index contributed by atoms with van der Waals surface area (Å²) in [7, 11) is 0. The molecule has 8 nitrogen and oxygen atoms in total. The summed E-state index contributed by atoms with van der Waals surface area (Å²) in [6, 6.07) is 6.42. The van der Waals surface area contributed by atoms with Crippen molar-refractivity contribution in [2.24, 2.45) is 0 Å². The Morgan fingerprint density at radius 1 is 0.667 bits per heavy atom. The normalized spacial score (nSPS) is 9.17. The zero-order valence-corrected chi connectivity index (χ0v) is 14.5. The standard InChI is InChI=1S/C13H11N7O.3ClH/c14-12-16-5-3-8(19-12)7-1-2-10(21)11(18-7)9-4-6-17-13(15)20-9;;;/h1-6,21H,(H2,14,16,19)(H2,15,17,20);3*1H. The van der Waals surface area contributed by atoms with Crippen molar-refractivity contribution in [3.63, 3.8) is 0 Å². The number of anilines is 2. The van der Waals surface area contributed by atoms with Crippen LogP contribution in [0.25, 0.3) is 22.8 Å². The molecule has 0 saturated carbocycles. The van der Waals surface area contributed by atoms with Crippen LogP contribution in [0.4, 0.5) is 11.9 Å². The maximum atomic E-state index is 9.96. The lowest BCUT2D eigenvalue weighted by molar-refractivity contribution is 0.475. The van der Waals surface area contributed by atoms with Crippen molar-refractivity contribution in [2.45, 2.75) is 0 Å².